The van der Waals surface area contributed by atoms with Gasteiger partial charge >= 0.3 is 0 Å². The van der Waals surface area contributed by atoms with Crippen molar-refractivity contribution in [1.29, 1.82) is 0 Å². The second-order valence-corrected chi connectivity index (χ2v) is 6.17. The third-order valence-corrected chi connectivity index (χ3v) is 3.83. The molecule has 1 amide bonds. The first-order valence-electron chi connectivity index (χ1n) is 9.27. The lowest BCUT2D eigenvalue weighted by atomic mass is 10.3. The first-order chi connectivity index (χ1) is 12.7. The molecular weight excluding hydrogens is 459 g/mol. The summed E-state index contributed by atoms with van der Waals surface area (Å²) in [7, 11) is 1.68. The number of ether oxygens (including phenoxy) is 2. The van der Waals surface area contributed by atoms with Gasteiger partial charge in [-0.05, 0) is 31.9 Å². The van der Waals surface area contributed by atoms with E-state index in [1.807, 2.05) is 31.2 Å². The van der Waals surface area contributed by atoms with E-state index in [1.54, 1.807) is 7.11 Å². The van der Waals surface area contributed by atoms with Gasteiger partial charge < -0.3 is 25.4 Å². The monoisotopic (exact) mass is 490 g/mol. The van der Waals surface area contributed by atoms with Crippen LogP contribution in [-0.2, 0) is 9.53 Å². The Morgan fingerprint density at radius 2 is 2.07 bits per heavy atom. The molecule has 1 aliphatic carbocycles. The number of hydrogen-bond donors (Lipinski definition) is 3. The van der Waals surface area contributed by atoms with Crippen LogP contribution in [0.1, 0.15) is 26.2 Å². The van der Waals surface area contributed by atoms with Gasteiger partial charge in [0.2, 0.25) is 5.91 Å². The number of carbonyl (C=O) groups is 1. The molecule has 0 aliphatic heterocycles. The van der Waals surface area contributed by atoms with Crippen molar-refractivity contribution in [3.8, 4) is 5.75 Å². The van der Waals surface area contributed by atoms with Crippen molar-refractivity contribution in [3.05, 3.63) is 24.3 Å². The lowest BCUT2D eigenvalue weighted by Gasteiger charge is -2.13. The van der Waals surface area contributed by atoms with Crippen LogP contribution in [0.4, 0.5) is 5.69 Å². The summed E-state index contributed by atoms with van der Waals surface area (Å²) in [6, 6.07) is 7.77. The Morgan fingerprint density at radius 1 is 1.26 bits per heavy atom. The Hall–Kier alpha value is -1.55. The number of anilines is 1. The molecule has 1 saturated carbocycles. The van der Waals surface area contributed by atoms with Crippen LogP contribution in [0.2, 0.25) is 0 Å². The third kappa shape index (κ3) is 9.81. The summed E-state index contributed by atoms with van der Waals surface area (Å²) in [5.41, 5.74) is 0.899. The van der Waals surface area contributed by atoms with E-state index in [9.17, 15) is 4.79 Å². The fraction of sp³-hybridized carbons (Fsp3) is 0.579. The highest BCUT2D eigenvalue weighted by Gasteiger charge is 2.28. The molecule has 0 unspecified atom stereocenters. The van der Waals surface area contributed by atoms with Crippen LogP contribution < -0.4 is 20.7 Å². The molecule has 1 aromatic rings. The van der Waals surface area contributed by atoms with Gasteiger partial charge in [0.05, 0.1) is 13.2 Å². The van der Waals surface area contributed by atoms with Gasteiger partial charge in [-0.25, -0.2) is 0 Å². The molecule has 0 saturated heterocycles. The molecule has 1 aromatic carbocycles. The second-order valence-electron chi connectivity index (χ2n) is 6.17. The highest BCUT2D eigenvalue weighted by molar-refractivity contribution is 14.0. The van der Waals surface area contributed by atoms with Crippen LogP contribution in [-0.4, -0.2) is 51.8 Å². The van der Waals surface area contributed by atoms with E-state index in [4.69, 9.17) is 9.47 Å². The maximum Gasteiger partial charge on any atom is 0.223 e. The van der Waals surface area contributed by atoms with Gasteiger partial charge in [0.15, 0.2) is 5.96 Å². The Balaban J connectivity index is 0.00000364. The number of halogens is 1. The van der Waals surface area contributed by atoms with Crippen LogP contribution in [0.15, 0.2) is 29.3 Å². The molecule has 27 heavy (non-hydrogen) atoms. The summed E-state index contributed by atoms with van der Waals surface area (Å²) < 4.78 is 10.7. The molecule has 0 heterocycles. The molecule has 8 heteroatoms. The Kier molecular flexibility index (Phi) is 11.8. The maximum absolute atomic E-state index is 11.6. The zero-order valence-electron chi connectivity index (χ0n) is 16.1. The van der Waals surface area contributed by atoms with Gasteiger partial charge in [-0.15, -0.1) is 24.0 Å². The van der Waals surface area contributed by atoms with Crippen LogP contribution in [0, 0.1) is 5.92 Å². The minimum atomic E-state index is 0. The molecule has 1 fully saturated rings. The number of hydrogen-bond acceptors (Lipinski definition) is 4. The maximum atomic E-state index is 11.6. The molecule has 2 rings (SSSR count). The molecule has 7 nitrogen and oxygen atoms in total. The minimum Gasteiger partial charge on any atom is -0.493 e. The number of amides is 1. The Bertz CT molecular complexity index is 594. The molecule has 0 aromatic heterocycles. The van der Waals surface area contributed by atoms with E-state index >= 15 is 0 Å². The molecular formula is C19H31IN4O3. The number of methoxy groups -OCH3 is 1. The summed E-state index contributed by atoms with van der Waals surface area (Å²) >= 11 is 0. The smallest absolute Gasteiger partial charge is 0.223 e. The molecule has 0 bridgehead atoms. The van der Waals surface area contributed by atoms with Crippen molar-refractivity contribution in [1.82, 2.24) is 10.6 Å². The van der Waals surface area contributed by atoms with Crippen molar-refractivity contribution < 1.29 is 14.3 Å². The lowest BCUT2D eigenvalue weighted by molar-refractivity contribution is -0.122. The molecule has 0 atom stereocenters. The van der Waals surface area contributed by atoms with E-state index in [1.165, 1.54) is 0 Å². The quantitative estimate of drug-likeness (QED) is 0.192. The molecule has 3 N–H and O–H groups in total. The standard InChI is InChI=1S/C19H30N4O3.HI/c1-3-20-19(22-11-10-21-18(24)15-8-9-15)23-16-6-4-7-17(14-16)26-13-5-12-25-2;/h4,6-7,14-15H,3,5,8-13H2,1-2H3,(H,21,24)(H2,20,22,23);1H. The fourth-order valence-corrected chi connectivity index (χ4v) is 2.34. The van der Waals surface area contributed by atoms with Crippen molar-refractivity contribution in [2.75, 3.05) is 45.3 Å². The number of rotatable bonds is 11. The number of benzene rings is 1. The van der Waals surface area contributed by atoms with Gasteiger partial charge in [-0.3, -0.25) is 9.79 Å². The van der Waals surface area contributed by atoms with Crippen molar-refractivity contribution in [2.45, 2.75) is 26.2 Å². The van der Waals surface area contributed by atoms with E-state index in [0.29, 0.717) is 32.3 Å². The summed E-state index contributed by atoms with van der Waals surface area (Å²) in [5, 5.41) is 9.39. The van der Waals surface area contributed by atoms with Crippen LogP contribution in [0.25, 0.3) is 0 Å². The van der Waals surface area contributed by atoms with E-state index in [0.717, 1.165) is 37.2 Å². The van der Waals surface area contributed by atoms with Crippen LogP contribution >= 0.6 is 24.0 Å². The lowest BCUT2D eigenvalue weighted by Crippen LogP contribution is -2.32. The fourth-order valence-electron chi connectivity index (χ4n) is 2.34. The first kappa shape index (κ1) is 23.5. The van der Waals surface area contributed by atoms with Gasteiger partial charge in [-0.1, -0.05) is 6.07 Å². The zero-order chi connectivity index (χ0) is 18.6. The Morgan fingerprint density at radius 3 is 2.78 bits per heavy atom. The molecule has 152 valence electrons. The van der Waals surface area contributed by atoms with E-state index < -0.39 is 0 Å². The molecule has 0 spiro atoms. The van der Waals surface area contributed by atoms with Crippen molar-refractivity contribution >= 4 is 41.5 Å². The number of guanidine groups is 1. The van der Waals surface area contributed by atoms with Crippen LogP contribution in [0.5, 0.6) is 5.75 Å². The average Bonchev–Trinajstić information content (AvgIpc) is 3.48. The topological polar surface area (TPSA) is 84.0 Å². The number of nitrogens with zero attached hydrogens (tertiary/aromatic N) is 1. The highest BCUT2D eigenvalue weighted by atomic mass is 127. The number of carbonyl (C=O) groups excluding carboxylic acids is 1. The van der Waals surface area contributed by atoms with Crippen molar-refractivity contribution in [2.24, 2.45) is 10.9 Å². The average molecular weight is 490 g/mol. The van der Waals surface area contributed by atoms with E-state index in [2.05, 4.69) is 20.9 Å². The van der Waals surface area contributed by atoms with Gasteiger partial charge in [0, 0.05) is 50.9 Å². The molecule has 0 radical (unpaired) electrons. The van der Waals surface area contributed by atoms with Crippen LogP contribution in [0.3, 0.4) is 0 Å². The summed E-state index contributed by atoms with van der Waals surface area (Å²) in [6.07, 6.45) is 2.89. The predicted octanol–water partition coefficient (Wildman–Crippen LogP) is 2.62. The SMILES string of the molecule is CCNC(=NCCNC(=O)C1CC1)Nc1cccc(OCCCOC)c1.I. The second kappa shape index (κ2) is 13.6. The molecule has 1 aliphatic rings. The van der Waals surface area contributed by atoms with Gasteiger partial charge in [-0.2, -0.15) is 0 Å². The zero-order valence-corrected chi connectivity index (χ0v) is 18.5. The summed E-state index contributed by atoms with van der Waals surface area (Å²) in [5.74, 6) is 1.87. The predicted molar refractivity (Wildman–Crippen MR) is 119 cm³/mol. The summed E-state index contributed by atoms with van der Waals surface area (Å²) in [6.45, 7) is 5.16. The Labute approximate surface area is 178 Å². The third-order valence-electron chi connectivity index (χ3n) is 3.83. The first-order valence-corrected chi connectivity index (χ1v) is 9.27. The van der Waals surface area contributed by atoms with Gasteiger partial charge in [0.25, 0.3) is 0 Å². The van der Waals surface area contributed by atoms with Crippen molar-refractivity contribution in [3.63, 3.8) is 0 Å². The minimum absolute atomic E-state index is 0. The number of nitrogens with one attached hydrogen (secondary N) is 3. The van der Waals surface area contributed by atoms with E-state index in [-0.39, 0.29) is 35.8 Å². The summed E-state index contributed by atoms with van der Waals surface area (Å²) in [4.78, 5) is 16.1. The highest BCUT2D eigenvalue weighted by Crippen LogP contribution is 2.28. The largest absolute Gasteiger partial charge is 0.493 e. The normalized spacial score (nSPS) is 13.5. The van der Waals surface area contributed by atoms with Gasteiger partial charge in [0.1, 0.15) is 5.75 Å². The number of aliphatic imine (C=N–C) groups is 1.